The average Bonchev–Trinajstić information content (AvgIpc) is 2.79. The first-order valence-corrected chi connectivity index (χ1v) is 10.7. The van der Waals surface area contributed by atoms with E-state index in [4.69, 9.17) is 4.74 Å². The first-order chi connectivity index (χ1) is 15.7. The zero-order valence-electron chi connectivity index (χ0n) is 19.1. The van der Waals surface area contributed by atoms with Gasteiger partial charge in [0.1, 0.15) is 5.56 Å². The number of phenols is 2. The second kappa shape index (κ2) is 10.4. The summed E-state index contributed by atoms with van der Waals surface area (Å²) in [5, 5.41) is 22.6. The van der Waals surface area contributed by atoms with Crippen LogP contribution < -0.4 is 5.32 Å². The third-order valence-electron chi connectivity index (χ3n) is 5.74. The lowest BCUT2D eigenvalue weighted by molar-refractivity contribution is -0.136. The fourth-order valence-corrected chi connectivity index (χ4v) is 3.69. The highest BCUT2D eigenvalue weighted by molar-refractivity contribution is 5.95. The Morgan fingerprint density at radius 1 is 0.909 bits per heavy atom. The molecule has 3 N–H and O–H groups in total. The van der Waals surface area contributed by atoms with Crippen LogP contribution in [0.5, 0.6) is 11.5 Å². The van der Waals surface area contributed by atoms with Gasteiger partial charge in [-0.25, -0.2) is 4.79 Å². The normalized spacial score (nSPS) is 14.1. The smallest absolute Gasteiger partial charge is 0.342 e. The van der Waals surface area contributed by atoms with Crippen molar-refractivity contribution in [1.82, 2.24) is 9.80 Å². The number of nitrogens with one attached hydrogen (secondary N) is 1. The van der Waals surface area contributed by atoms with Crippen LogP contribution in [0.25, 0.3) is 0 Å². The van der Waals surface area contributed by atoms with Crippen LogP contribution in [0.15, 0.2) is 30.3 Å². The molecule has 0 atom stereocenters. The van der Waals surface area contributed by atoms with Crippen molar-refractivity contribution in [1.29, 1.82) is 0 Å². The van der Waals surface area contributed by atoms with Gasteiger partial charge >= 0.3 is 5.97 Å². The lowest BCUT2D eigenvalue weighted by Gasteiger charge is -2.34. The van der Waals surface area contributed by atoms with Crippen LogP contribution in [0.3, 0.4) is 0 Å². The molecule has 176 valence electrons. The van der Waals surface area contributed by atoms with Crippen molar-refractivity contribution in [2.45, 2.75) is 20.8 Å². The highest BCUT2D eigenvalue weighted by atomic mass is 16.5. The maximum Gasteiger partial charge on any atom is 0.342 e. The Labute approximate surface area is 192 Å². The first-order valence-electron chi connectivity index (χ1n) is 10.7. The van der Waals surface area contributed by atoms with Crippen LogP contribution >= 0.6 is 0 Å². The van der Waals surface area contributed by atoms with E-state index in [1.54, 1.807) is 11.8 Å². The third kappa shape index (κ3) is 5.81. The lowest BCUT2D eigenvalue weighted by Crippen LogP contribution is -2.51. The van der Waals surface area contributed by atoms with Gasteiger partial charge in [0.25, 0.3) is 5.91 Å². The molecular weight excluding hydrogens is 426 g/mol. The number of rotatable bonds is 6. The van der Waals surface area contributed by atoms with E-state index < -0.39 is 24.1 Å². The Bertz CT molecular complexity index is 1040. The monoisotopic (exact) mass is 455 g/mol. The number of esters is 1. The van der Waals surface area contributed by atoms with Crippen LogP contribution in [0, 0.1) is 20.8 Å². The molecule has 0 radical (unpaired) electrons. The molecule has 0 saturated carbocycles. The van der Waals surface area contributed by atoms with E-state index in [1.807, 2.05) is 36.9 Å². The van der Waals surface area contributed by atoms with Crippen molar-refractivity contribution in [2.24, 2.45) is 0 Å². The Hall–Kier alpha value is -3.59. The molecule has 0 aliphatic carbocycles. The summed E-state index contributed by atoms with van der Waals surface area (Å²) in [5.41, 5.74) is 3.04. The highest BCUT2D eigenvalue weighted by Crippen LogP contribution is 2.32. The predicted octanol–water partition coefficient (Wildman–Crippen LogP) is 1.96. The summed E-state index contributed by atoms with van der Waals surface area (Å²) in [5.74, 6) is -2.33. The minimum absolute atomic E-state index is 0.109. The fraction of sp³-hybridized carbons (Fsp3) is 0.375. The Kier molecular flexibility index (Phi) is 7.55. The van der Waals surface area contributed by atoms with Gasteiger partial charge in [-0.3, -0.25) is 14.5 Å². The number of piperazine rings is 1. The van der Waals surface area contributed by atoms with Gasteiger partial charge in [0.2, 0.25) is 5.91 Å². The number of para-hydroxylation sites is 1. The SMILES string of the molecule is Cc1ccc(C(=O)OCC(=O)N2CCN(CC(=O)Nc3c(C)cccc3C)CC2)c(O)c1O. The number of ether oxygens (including phenoxy) is 1. The van der Waals surface area contributed by atoms with Crippen molar-refractivity contribution >= 4 is 23.5 Å². The van der Waals surface area contributed by atoms with Gasteiger partial charge in [0, 0.05) is 31.9 Å². The zero-order valence-corrected chi connectivity index (χ0v) is 19.1. The summed E-state index contributed by atoms with van der Waals surface area (Å²) in [6, 6.07) is 8.65. The van der Waals surface area contributed by atoms with Gasteiger partial charge in [0.15, 0.2) is 18.1 Å². The van der Waals surface area contributed by atoms with Crippen molar-refractivity contribution in [3.63, 3.8) is 0 Å². The molecule has 0 spiro atoms. The minimum atomic E-state index is -0.891. The number of hydrogen-bond acceptors (Lipinski definition) is 7. The summed E-state index contributed by atoms with van der Waals surface area (Å²) >= 11 is 0. The summed E-state index contributed by atoms with van der Waals surface area (Å²) < 4.78 is 5.02. The van der Waals surface area contributed by atoms with Crippen LogP contribution in [0.1, 0.15) is 27.0 Å². The van der Waals surface area contributed by atoms with Crippen LogP contribution in [-0.4, -0.2) is 77.1 Å². The number of phenolic OH excluding ortho intramolecular Hbond substituents is 2. The zero-order chi connectivity index (χ0) is 24.1. The molecule has 9 nitrogen and oxygen atoms in total. The van der Waals surface area contributed by atoms with Gasteiger partial charge in [-0.1, -0.05) is 24.3 Å². The number of nitrogens with zero attached hydrogens (tertiary/aromatic N) is 2. The fourth-order valence-electron chi connectivity index (χ4n) is 3.69. The second-order valence-corrected chi connectivity index (χ2v) is 8.18. The molecule has 33 heavy (non-hydrogen) atoms. The summed E-state index contributed by atoms with van der Waals surface area (Å²) in [7, 11) is 0. The molecule has 0 unspecified atom stereocenters. The van der Waals surface area contributed by atoms with Crippen LogP contribution in [0.2, 0.25) is 0 Å². The number of anilines is 1. The van der Waals surface area contributed by atoms with Gasteiger partial charge in [-0.2, -0.15) is 0 Å². The van der Waals surface area contributed by atoms with E-state index in [0.29, 0.717) is 31.7 Å². The largest absolute Gasteiger partial charge is 0.504 e. The molecule has 1 saturated heterocycles. The van der Waals surface area contributed by atoms with Gasteiger partial charge < -0.3 is 25.2 Å². The third-order valence-corrected chi connectivity index (χ3v) is 5.74. The van der Waals surface area contributed by atoms with Crippen LogP contribution in [0.4, 0.5) is 5.69 Å². The number of amides is 2. The van der Waals surface area contributed by atoms with E-state index in [-0.39, 0.29) is 23.9 Å². The Balaban J connectivity index is 1.45. The average molecular weight is 456 g/mol. The Morgan fingerprint density at radius 2 is 1.55 bits per heavy atom. The van der Waals surface area contributed by atoms with E-state index in [1.165, 1.54) is 12.1 Å². The maximum absolute atomic E-state index is 12.5. The standard InChI is InChI=1S/C24H29N3O6/c1-15-5-4-6-16(2)21(15)25-19(28)13-26-9-11-27(12-10-26)20(29)14-33-24(32)18-8-7-17(3)22(30)23(18)31/h4-8,30-31H,9-14H2,1-3H3,(H,25,28). The van der Waals surface area contributed by atoms with E-state index in [9.17, 15) is 24.6 Å². The molecule has 2 aromatic rings. The lowest BCUT2D eigenvalue weighted by atomic mass is 10.1. The van der Waals surface area contributed by atoms with Gasteiger partial charge in [-0.05, 0) is 43.5 Å². The molecule has 1 aliphatic heterocycles. The second-order valence-electron chi connectivity index (χ2n) is 8.18. The van der Waals surface area contributed by atoms with Crippen molar-refractivity contribution < 1.29 is 29.3 Å². The summed E-state index contributed by atoms with van der Waals surface area (Å²) in [4.78, 5) is 40.6. The summed E-state index contributed by atoms with van der Waals surface area (Å²) in [6.45, 7) is 7.08. The molecule has 2 aromatic carbocycles. The molecule has 1 heterocycles. The summed E-state index contributed by atoms with van der Waals surface area (Å²) in [6.07, 6.45) is 0. The highest BCUT2D eigenvalue weighted by Gasteiger charge is 2.24. The first kappa shape index (κ1) is 24.1. The van der Waals surface area contributed by atoms with E-state index in [0.717, 1.165) is 16.8 Å². The number of carbonyl (C=O) groups is 3. The topological polar surface area (TPSA) is 119 Å². The number of aryl methyl sites for hydroxylation is 3. The quantitative estimate of drug-likeness (QED) is 0.450. The van der Waals surface area contributed by atoms with E-state index >= 15 is 0 Å². The maximum atomic E-state index is 12.5. The van der Waals surface area contributed by atoms with Crippen molar-refractivity contribution in [3.05, 3.63) is 52.6 Å². The van der Waals surface area contributed by atoms with E-state index in [2.05, 4.69) is 5.32 Å². The number of aromatic hydroxyl groups is 2. The molecule has 1 fully saturated rings. The molecular formula is C24H29N3O6. The number of hydrogen-bond donors (Lipinski definition) is 3. The Morgan fingerprint density at radius 3 is 2.18 bits per heavy atom. The molecule has 0 aromatic heterocycles. The molecule has 3 rings (SSSR count). The van der Waals surface area contributed by atoms with Crippen molar-refractivity contribution in [3.8, 4) is 11.5 Å². The predicted molar refractivity (Wildman–Crippen MR) is 122 cm³/mol. The molecule has 2 amide bonds. The minimum Gasteiger partial charge on any atom is -0.504 e. The molecule has 9 heteroatoms. The van der Waals surface area contributed by atoms with Crippen LogP contribution in [-0.2, 0) is 14.3 Å². The molecule has 0 bridgehead atoms. The van der Waals surface area contributed by atoms with Gasteiger partial charge in [-0.15, -0.1) is 0 Å². The van der Waals surface area contributed by atoms with Crippen molar-refractivity contribution in [2.75, 3.05) is 44.6 Å². The van der Waals surface area contributed by atoms with Gasteiger partial charge in [0.05, 0.1) is 6.54 Å². The number of benzene rings is 2. The number of carbonyl (C=O) groups excluding carboxylic acids is 3. The molecule has 1 aliphatic rings.